The second-order valence-corrected chi connectivity index (χ2v) is 6.41. The first-order chi connectivity index (χ1) is 13.3. The normalized spacial score (nSPS) is 13.9. The van der Waals surface area contributed by atoms with Gasteiger partial charge < -0.3 is 5.32 Å². The van der Waals surface area contributed by atoms with Gasteiger partial charge in [0.25, 0.3) is 11.6 Å². The van der Waals surface area contributed by atoms with Crippen LogP contribution in [0.4, 0.5) is 15.8 Å². The highest BCUT2D eigenvalue weighted by Crippen LogP contribution is 2.27. The SMILES string of the molecule is O=C(Nc1ccc([N+](=O)[O-])c(Cl)c1)C1=NN(Cc2ccc(F)cc2)C(=O)CC1. The van der Waals surface area contributed by atoms with Crippen molar-refractivity contribution < 1.29 is 18.9 Å². The number of amides is 2. The highest BCUT2D eigenvalue weighted by atomic mass is 35.5. The summed E-state index contributed by atoms with van der Waals surface area (Å²) in [5, 5.41) is 18.5. The molecule has 0 radical (unpaired) electrons. The molecule has 10 heteroatoms. The standard InChI is InChI=1S/C18H14ClFN4O4/c19-14-9-13(5-7-16(14)24(27)28)21-18(26)15-6-8-17(25)23(22-15)10-11-1-3-12(20)4-2-11/h1-5,7,9H,6,8,10H2,(H,21,26). The van der Waals surface area contributed by atoms with Gasteiger partial charge in [0.1, 0.15) is 16.6 Å². The monoisotopic (exact) mass is 404 g/mol. The molecule has 0 aromatic heterocycles. The molecule has 8 nitrogen and oxygen atoms in total. The maximum absolute atomic E-state index is 13.0. The fourth-order valence-corrected chi connectivity index (χ4v) is 2.84. The van der Waals surface area contributed by atoms with E-state index in [1.165, 1.54) is 42.5 Å². The topological polar surface area (TPSA) is 105 Å². The first-order valence-electron chi connectivity index (χ1n) is 8.21. The third kappa shape index (κ3) is 4.49. The fourth-order valence-electron chi connectivity index (χ4n) is 2.59. The molecule has 2 aromatic carbocycles. The minimum atomic E-state index is -0.627. The van der Waals surface area contributed by atoms with Crippen molar-refractivity contribution in [2.75, 3.05) is 5.32 Å². The molecule has 1 aliphatic heterocycles. The van der Waals surface area contributed by atoms with E-state index in [9.17, 15) is 24.1 Å². The lowest BCUT2D eigenvalue weighted by Crippen LogP contribution is -2.36. The van der Waals surface area contributed by atoms with Crippen molar-refractivity contribution >= 4 is 40.5 Å². The van der Waals surface area contributed by atoms with Crippen molar-refractivity contribution in [1.29, 1.82) is 0 Å². The number of nitrogens with one attached hydrogen (secondary N) is 1. The Hall–Kier alpha value is -3.33. The molecule has 1 aliphatic rings. The molecule has 28 heavy (non-hydrogen) atoms. The Balaban J connectivity index is 1.73. The van der Waals surface area contributed by atoms with Crippen molar-refractivity contribution in [3.63, 3.8) is 0 Å². The lowest BCUT2D eigenvalue weighted by atomic mass is 10.1. The summed E-state index contributed by atoms with van der Waals surface area (Å²) in [6.07, 6.45) is 0.264. The Kier molecular flexibility index (Phi) is 5.65. The van der Waals surface area contributed by atoms with Gasteiger partial charge in [0.2, 0.25) is 5.91 Å². The predicted molar refractivity (Wildman–Crippen MR) is 100 cm³/mol. The molecule has 0 saturated heterocycles. The number of halogens is 2. The number of benzene rings is 2. The van der Waals surface area contributed by atoms with Crippen molar-refractivity contribution in [3.8, 4) is 0 Å². The number of nitro benzene ring substituents is 1. The van der Waals surface area contributed by atoms with E-state index in [4.69, 9.17) is 11.6 Å². The third-order valence-electron chi connectivity index (χ3n) is 4.01. The number of rotatable bonds is 5. The van der Waals surface area contributed by atoms with Crippen LogP contribution in [0.3, 0.4) is 0 Å². The van der Waals surface area contributed by atoms with Crippen LogP contribution in [0.15, 0.2) is 47.6 Å². The van der Waals surface area contributed by atoms with Gasteiger partial charge in [0.05, 0.1) is 11.5 Å². The molecule has 1 N–H and O–H groups in total. The van der Waals surface area contributed by atoms with E-state index in [0.29, 0.717) is 5.56 Å². The third-order valence-corrected chi connectivity index (χ3v) is 4.32. The zero-order chi connectivity index (χ0) is 20.3. The Labute approximate surface area is 163 Å². The zero-order valence-corrected chi connectivity index (χ0v) is 15.1. The van der Waals surface area contributed by atoms with E-state index in [2.05, 4.69) is 10.4 Å². The lowest BCUT2D eigenvalue weighted by Gasteiger charge is -2.23. The summed E-state index contributed by atoms with van der Waals surface area (Å²) in [5.74, 6) is -1.18. The number of hydrogen-bond acceptors (Lipinski definition) is 5. The molecular formula is C18H14ClFN4O4. The maximum atomic E-state index is 13.0. The van der Waals surface area contributed by atoms with Crippen molar-refractivity contribution in [2.24, 2.45) is 5.10 Å². The molecule has 0 unspecified atom stereocenters. The highest BCUT2D eigenvalue weighted by Gasteiger charge is 2.25. The van der Waals surface area contributed by atoms with E-state index in [1.807, 2.05) is 0 Å². The largest absolute Gasteiger partial charge is 0.321 e. The number of hydrazone groups is 1. The summed E-state index contributed by atoms with van der Waals surface area (Å²) in [4.78, 5) is 34.7. The zero-order valence-electron chi connectivity index (χ0n) is 14.4. The van der Waals surface area contributed by atoms with Gasteiger partial charge in [-0.15, -0.1) is 0 Å². The highest BCUT2D eigenvalue weighted by molar-refractivity contribution is 6.43. The number of nitrogens with zero attached hydrogens (tertiary/aromatic N) is 3. The van der Waals surface area contributed by atoms with Gasteiger partial charge in [0, 0.05) is 24.6 Å². The van der Waals surface area contributed by atoms with Crippen molar-refractivity contribution in [1.82, 2.24) is 5.01 Å². The summed E-state index contributed by atoms with van der Waals surface area (Å²) in [5.41, 5.74) is 0.800. The molecule has 2 aromatic rings. The maximum Gasteiger partial charge on any atom is 0.288 e. The molecule has 0 saturated carbocycles. The van der Waals surface area contributed by atoms with Gasteiger partial charge in [-0.3, -0.25) is 19.7 Å². The minimum absolute atomic E-state index is 0.106. The first-order valence-corrected chi connectivity index (χ1v) is 8.59. The number of carbonyl (C=O) groups is 2. The molecule has 0 spiro atoms. The van der Waals surface area contributed by atoms with Gasteiger partial charge >= 0.3 is 0 Å². The molecular weight excluding hydrogens is 391 g/mol. The van der Waals surface area contributed by atoms with E-state index >= 15 is 0 Å². The van der Waals surface area contributed by atoms with Crippen molar-refractivity contribution in [2.45, 2.75) is 19.4 Å². The smallest absolute Gasteiger partial charge is 0.288 e. The first kappa shape index (κ1) is 19.4. The lowest BCUT2D eigenvalue weighted by molar-refractivity contribution is -0.384. The summed E-state index contributed by atoms with van der Waals surface area (Å²) in [6.45, 7) is 0.110. The molecule has 144 valence electrons. The second kappa shape index (κ2) is 8.13. The molecule has 0 bridgehead atoms. The van der Waals surface area contributed by atoms with Crippen LogP contribution in [-0.2, 0) is 16.1 Å². The summed E-state index contributed by atoms with van der Waals surface area (Å²) < 4.78 is 13.0. The molecule has 3 rings (SSSR count). The summed E-state index contributed by atoms with van der Waals surface area (Å²) in [6, 6.07) is 9.43. The minimum Gasteiger partial charge on any atom is -0.321 e. The quantitative estimate of drug-likeness (QED) is 0.608. The van der Waals surface area contributed by atoms with E-state index in [-0.39, 0.29) is 53.2 Å². The van der Waals surface area contributed by atoms with Gasteiger partial charge in [-0.05, 0) is 29.8 Å². The second-order valence-electron chi connectivity index (χ2n) is 6.00. The Morgan fingerprint density at radius 1 is 1.25 bits per heavy atom. The number of carbonyl (C=O) groups excluding carboxylic acids is 2. The van der Waals surface area contributed by atoms with E-state index in [0.717, 1.165) is 5.01 Å². The van der Waals surface area contributed by atoms with Crippen LogP contribution in [0.5, 0.6) is 0 Å². The van der Waals surface area contributed by atoms with Crippen LogP contribution in [0.1, 0.15) is 18.4 Å². The molecule has 0 fully saturated rings. The predicted octanol–water partition coefficient (Wildman–Crippen LogP) is 3.50. The number of nitro groups is 1. The van der Waals surface area contributed by atoms with E-state index < -0.39 is 10.8 Å². The van der Waals surface area contributed by atoms with Gasteiger partial charge in [-0.2, -0.15) is 5.10 Å². The van der Waals surface area contributed by atoms with Gasteiger partial charge in [-0.1, -0.05) is 23.7 Å². The Bertz CT molecular complexity index is 978. The molecule has 2 amide bonds. The number of anilines is 1. The summed E-state index contributed by atoms with van der Waals surface area (Å²) in [7, 11) is 0. The van der Waals surface area contributed by atoms with Gasteiger partial charge in [-0.25, -0.2) is 9.40 Å². The molecule has 1 heterocycles. The van der Waals surface area contributed by atoms with Crippen LogP contribution in [0, 0.1) is 15.9 Å². The Morgan fingerprint density at radius 3 is 2.61 bits per heavy atom. The number of hydrogen-bond donors (Lipinski definition) is 1. The average Bonchev–Trinajstić information content (AvgIpc) is 2.65. The van der Waals surface area contributed by atoms with E-state index in [1.54, 1.807) is 0 Å². The average molecular weight is 405 g/mol. The summed E-state index contributed by atoms with van der Waals surface area (Å²) >= 11 is 5.83. The van der Waals surface area contributed by atoms with Crippen LogP contribution >= 0.6 is 11.6 Å². The Morgan fingerprint density at radius 2 is 1.96 bits per heavy atom. The van der Waals surface area contributed by atoms with Crippen LogP contribution in [0.2, 0.25) is 5.02 Å². The molecule has 0 atom stereocenters. The van der Waals surface area contributed by atoms with Crippen LogP contribution < -0.4 is 5.32 Å². The van der Waals surface area contributed by atoms with Crippen LogP contribution in [-0.4, -0.2) is 27.5 Å². The van der Waals surface area contributed by atoms with Crippen LogP contribution in [0.25, 0.3) is 0 Å². The van der Waals surface area contributed by atoms with Gasteiger partial charge in [0.15, 0.2) is 0 Å². The van der Waals surface area contributed by atoms with Crippen molar-refractivity contribution in [3.05, 3.63) is 69.0 Å². The fraction of sp³-hybridized carbons (Fsp3) is 0.167. The molecule has 0 aliphatic carbocycles.